The Balaban J connectivity index is 1.63. The van der Waals surface area contributed by atoms with Crippen molar-refractivity contribution in [3.8, 4) is 11.4 Å². The smallest absolute Gasteiger partial charge is 0.329 e. The van der Waals surface area contributed by atoms with Crippen LogP contribution < -0.4 is 5.56 Å². The third-order valence-corrected chi connectivity index (χ3v) is 3.97. The van der Waals surface area contributed by atoms with Gasteiger partial charge in [0.1, 0.15) is 0 Å². The number of aromatic nitrogens is 4. The molecular weight excluding hydrogens is 361 g/mol. The molecule has 0 aliphatic rings. The molecule has 6 nitrogen and oxygen atoms in total. The second kappa shape index (κ2) is 6.35. The second-order valence-corrected chi connectivity index (χ2v) is 5.78. The third kappa shape index (κ3) is 3.31. The highest BCUT2D eigenvalue weighted by atomic mass is 19.4. The predicted octanol–water partition coefficient (Wildman–Crippen LogP) is 3.51. The van der Waals surface area contributed by atoms with Crippen LogP contribution in [0.2, 0.25) is 0 Å². The molecule has 0 bridgehead atoms. The zero-order chi connectivity index (χ0) is 19.0. The Labute approximate surface area is 149 Å². The molecule has 0 N–H and O–H groups in total. The van der Waals surface area contributed by atoms with Crippen molar-refractivity contribution in [1.82, 2.24) is 19.7 Å². The van der Waals surface area contributed by atoms with Gasteiger partial charge in [-0.2, -0.15) is 18.2 Å². The van der Waals surface area contributed by atoms with E-state index in [-0.39, 0.29) is 23.5 Å². The largest absolute Gasteiger partial charge is 0.471 e. The Morgan fingerprint density at radius 2 is 1.85 bits per heavy atom. The Morgan fingerprint density at radius 1 is 1.04 bits per heavy atom. The Morgan fingerprint density at radius 3 is 2.56 bits per heavy atom. The molecule has 0 fully saturated rings. The lowest BCUT2D eigenvalue weighted by atomic mass is 10.2. The van der Waals surface area contributed by atoms with Crippen LogP contribution in [0, 0.1) is 0 Å². The molecule has 0 saturated heterocycles. The van der Waals surface area contributed by atoms with Gasteiger partial charge < -0.3 is 9.09 Å². The Bertz CT molecular complexity index is 1160. The van der Waals surface area contributed by atoms with Crippen LogP contribution in [-0.2, 0) is 12.7 Å². The van der Waals surface area contributed by atoms with E-state index in [1.165, 1.54) is 18.3 Å². The van der Waals surface area contributed by atoms with Gasteiger partial charge in [-0.15, -0.1) is 0 Å². The van der Waals surface area contributed by atoms with E-state index in [4.69, 9.17) is 0 Å². The lowest BCUT2D eigenvalue weighted by Gasteiger charge is -2.09. The summed E-state index contributed by atoms with van der Waals surface area (Å²) < 4.78 is 43.4. The first-order valence-electron chi connectivity index (χ1n) is 7.86. The van der Waals surface area contributed by atoms with Crippen molar-refractivity contribution < 1.29 is 17.7 Å². The summed E-state index contributed by atoms with van der Waals surface area (Å²) in [6, 6.07) is 13.8. The molecule has 0 saturated carbocycles. The molecule has 4 rings (SSSR count). The van der Waals surface area contributed by atoms with Crippen LogP contribution in [-0.4, -0.2) is 19.7 Å². The van der Waals surface area contributed by atoms with Crippen LogP contribution in [0.4, 0.5) is 13.2 Å². The predicted molar refractivity (Wildman–Crippen MR) is 89.8 cm³/mol. The molecule has 3 aromatic heterocycles. The van der Waals surface area contributed by atoms with Gasteiger partial charge in [0, 0.05) is 17.8 Å². The number of alkyl halides is 3. The zero-order valence-electron chi connectivity index (χ0n) is 13.6. The Kier molecular flexibility index (Phi) is 3.98. The molecule has 4 aromatic rings. The molecule has 0 aliphatic heterocycles. The third-order valence-electron chi connectivity index (χ3n) is 3.97. The fraction of sp³-hybridized carbons (Fsp3) is 0.111. The number of para-hydroxylation sites is 1. The highest BCUT2D eigenvalue weighted by Gasteiger charge is 2.38. The van der Waals surface area contributed by atoms with Gasteiger partial charge in [0.25, 0.3) is 5.56 Å². The van der Waals surface area contributed by atoms with Crippen LogP contribution >= 0.6 is 0 Å². The first kappa shape index (κ1) is 17.0. The minimum absolute atomic E-state index is 0.174. The molecule has 3 heterocycles. The van der Waals surface area contributed by atoms with Gasteiger partial charge in [-0.05, 0) is 29.7 Å². The Hall–Kier alpha value is -3.49. The van der Waals surface area contributed by atoms with Gasteiger partial charge in [-0.3, -0.25) is 9.78 Å². The summed E-state index contributed by atoms with van der Waals surface area (Å²) in [5, 5.41) is 4.24. The topological polar surface area (TPSA) is 73.8 Å². The first-order chi connectivity index (χ1) is 12.9. The van der Waals surface area contributed by atoms with Crippen molar-refractivity contribution in [1.29, 1.82) is 0 Å². The van der Waals surface area contributed by atoms with E-state index in [1.54, 1.807) is 16.7 Å². The molecule has 0 aliphatic carbocycles. The average Bonchev–Trinajstić information content (AvgIpc) is 3.15. The molecule has 0 atom stereocenters. The van der Waals surface area contributed by atoms with E-state index in [9.17, 15) is 18.0 Å². The highest BCUT2D eigenvalue weighted by molar-refractivity contribution is 5.78. The number of hydrogen-bond donors (Lipinski definition) is 0. The highest BCUT2D eigenvalue weighted by Crippen LogP contribution is 2.29. The average molecular weight is 372 g/mol. The van der Waals surface area contributed by atoms with Gasteiger partial charge in [-0.25, -0.2) is 0 Å². The number of rotatable bonds is 3. The van der Waals surface area contributed by atoms with Crippen LogP contribution in [0.5, 0.6) is 0 Å². The van der Waals surface area contributed by atoms with Gasteiger partial charge >= 0.3 is 12.1 Å². The van der Waals surface area contributed by atoms with Crippen molar-refractivity contribution in [3.05, 3.63) is 76.7 Å². The van der Waals surface area contributed by atoms with Crippen LogP contribution in [0.3, 0.4) is 0 Å². The summed E-state index contributed by atoms with van der Waals surface area (Å²) >= 11 is 0. The van der Waals surface area contributed by atoms with E-state index in [1.807, 2.05) is 24.3 Å². The SMILES string of the molecule is O=c1ccc2ccccc2n1Cc1ccc(-c2noc(C(F)(F)F)n2)cn1. The van der Waals surface area contributed by atoms with Crippen molar-refractivity contribution in [2.24, 2.45) is 0 Å². The molecule has 9 heteroatoms. The molecule has 27 heavy (non-hydrogen) atoms. The zero-order valence-corrected chi connectivity index (χ0v) is 13.6. The number of pyridine rings is 2. The van der Waals surface area contributed by atoms with Gasteiger partial charge in [0.2, 0.25) is 5.82 Å². The summed E-state index contributed by atoms with van der Waals surface area (Å²) in [7, 11) is 0. The molecule has 0 amide bonds. The number of fused-ring (bicyclic) bond motifs is 1. The second-order valence-electron chi connectivity index (χ2n) is 5.78. The van der Waals surface area contributed by atoms with Crippen LogP contribution in [0.25, 0.3) is 22.3 Å². The van der Waals surface area contributed by atoms with Gasteiger partial charge in [0.15, 0.2) is 0 Å². The maximum Gasteiger partial charge on any atom is 0.471 e. The van der Waals surface area contributed by atoms with Gasteiger partial charge in [0.05, 0.1) is 17.8 Å². The maximum atomic E-state index is 12.5. The molecule has 136 valence electrons. The fourth-order valence-electron chi connectivity index (χ4n) is 2.68. The van der Waals surface area contributed by atoms with Crippen molar-refractivity contribution in [2.45, 2.75) is 12.7 Å². The van der Waals surface area contributed by atoms with Crippen molar-refractivity contribution in [2.75, 3.05) is 0 Å². The van der Waals surface area contributed by atoms with Crippen LogP contribution in [0.15, 0.2) is 64.0 Å². The maximum absolute atomic E-state index is 12.5. The minimum atomic E-state index is -4.70. The van der Waals surface area contributed by atoms with Gasteiger partial charge in [-0.1, -0.05) is 23.4 Å². The number of benzene rings is 1. The summed E-state index contributed by atoms with van der Waals surface area (Å²) in [4.78, 5) is 19.7. The first-order valence-corrected chi connectivity index (χ1v) is 7.86. The molecule has 1 aromatic carbocycles. The lowest BCUT2D eigenvalue weighted by Crippen LogP contribution is -2.20. The number of hydrogen-bond acceptors (Lipinski definition) is 5. The minimum Gasteiger partial charge on any atom is -0.329 e. The number of halogens is 3. The van der Waals surface area contributed by atoms with Crippen molar-refractivity contribution >= 4 is 10.9 Å². The van der Waals surface area contributed by atoms with E-state index >= 15 is 0 Å². The quantitative estimate of drug-likeness (QED) is 0.550. The van der Waals surface area contributed by atoms with E-state index in [0.717, 1.165) is 10.9 Å². The fourth-order valence-corrected chi connectivity index (χ4v) is 2.68. The van der Waals surface area contributed by atoms with E-state index < -0.39 is 12.1 Å². The molecule has 0 radical (unpaired) electrons. The summed E-state index contributed by atoms with van der Waals surface area (Å²) in [5.74, 6) is -1.62. The summed E-state index contributed by atoms with van der Waals surface area (Å²) in [5.41, 5.74) is 1.44. The van der Waals surface area contributed by atoms with Crippen molar-refractivity contribution in [3.63, 3.8) is 0 Å². The van der Waals surface area contributed by atoms with E-state index in [2.05, 4.69) is 19.6 Å². The normalized spacial score (nSPS) is 11.8. The lowest BCUT2D eigenvalue weighted by molar-refractivity contribution is -0.159. The van der Waals surface area contributed by atoms with Crippen LogP contribution in [0.1, 0.15) is 11.6 Å². The molecule has 0 spiro atoms. The monoisotopic (exact) mass is 372 g/mol. The number of nitrogens with zero attached hydrogens (tertiary/aromatic N) is 4. The summed E-state index contributed by atoms with van der Waals surface area (Å²) in [6.45, 7) is 0.223. The standard InChI is InChI=1S/C18H11F3N4O2/c19-18(20,21)17-23-16(24-27-17)12-5-7-13(22-9-12)10-25-14-4-2-1-3-11(14)6-8-15(25)26/h1-9H,10H2. The summed E-state index contributed by atoms with van der Waals surface area (Å²) in [6.07, 6.45) is -3.36. The molecule has 0 unspecified atom stereocenters. The van der Waals surface area contributed by atoms with E-state index in [0.29, 0.717) is 5.69 Å². The molecular formula is C18H11F3N4O2.